The quantitative estimate of drug-likeness (QED) is 0.665. The van der Waals surface area contributed by atoms with Crippen molar-refractivity contribution in [1.82, 2.24) is 0 Å². The maximum absolute atomic E-state index is 11.7. The number of hydrogen-bond acceptors (Lipinski definition) is 4. The van der Waals surface area contributed by atoms with Crippen LogP contribution in [-0.4, -0.2) is 38.9 Å². The van der Waals surface area contributed by atoms with Crippen LogP contribution < -0.4 is 0 Å². The minimum Gasteiger partial charge on any atom is -0.348 e. The number of sulfone groups is 1. The van der Waals surface area contributed by atoms with Crippen molar-refractivity contribution >= 4 is 9.84 Å². The molecule has 0 atom stereocenters. The van der Waals surface area contributed by atoms with Gasteiger partial charge in [0.25, 0.3) is 0 Å². The maximum Gasteiger partial charge on any atom is 0.168 e. The molecule has 4 nitrogen and oxygen atoms in total. The van der Waals surface area contributed by atoms with Gasteiger partial charge in [-0.1, -0.05) is 0 Å². The van der Waals surface area contributed by atoms with Gasteiger partial charge in [0.2, 0.25) is 0 Å². The van der Waals surface area contributed by atoms with Crippen molar-refractivity contribution in [1.29, 1.82) is 0 Å². The Labute approximate surface area is 108 Å². The summed E-state index contributed by atoms with van der Waals surface area (Å²) < 4.78 is 35.1. The summed E-state index contributed by atoms with van der Waals surface area (Å²) in [6.45, 7) is 1.44. The second-order valence-corrected chi connectivity index (χ2v) is 8.57. The molecule has 102 valence electrons. The Balaban J connectivity index is 1.53. The Morgan fingerprint density at radius 1 is 0.833 bits per heavy atom. The summed E-state index contributed by atoms with van der Waals surface area (Å²) >= 11 is 0. The van der Waals surface area contributed by atoms with Gasteiger partial charge in [-0.2, -0.15) is 0 Å². The average Bonchev–Trinajstić information content (AvgIpc) is 2.73. The van der Waals surface area contributed by atoms with Crippen LogP contribution in [0, 0.1) is 23.7 Å². The first-order valence-electron chi connectivity index (χ1n) is 7.07. The molecule has 3 aliphatic carbocycles. The molecule has 1 spiro atoms. The smallest absolute Gasteiger partial charge is 0.168 e. The van der Waals surface area contributed by atoms with Gasteiger partial charge < -0.3 is 9.47 Å². The molecule has 4 bridgehead atoms. The number of fused-ring (bicyclic) bond motifs is 4. The Morgan fingerprint density at radius 2 is 1.33 bits per heavy atom. The Kier molecular flexibility index (Phi) is 2.40. The number of hydrogen-bond donors (Lipinski definition) is 0. The molecule has 6 rings (SSSR count). The van der Waals surface area contributed by atoms with E-state index in [2.05, 4.69) is 0 Å². The fourth-order valence-corrected chi connectivity index (χ4v) is 7.11. The summed E-state index contributed by atoms with van der Waals surface area (Å²) in [4.78, 5) is 0. The van der Waals surface area contributed by atoms with Crippen LogP contribution in [-0.2, 0) is 19.3 Å². The van der Waals surface area contributed by atoms with Crippen LogP contribution in [0.1, 0.15) is 25.7 Å². The lowest BCUT2D eigenvalue weighted by Gasteiger charge is -2.58. The predicted octanol–water partition coefficient (Wildman–Crippen LogP) is 1.21. The standard InChI is InChI=1S/C13H20O4S/c14-18(15)7-11-9-1-3-13(16-5-6-17-13)4-2-10(11)12(9)8-18/h9-12H,1-8H2. The minimum atomic E-state index is -2.74. The molecule has 0 aromatic rings. The lowest BCUT2D eigenvalue weighted by molar-refractivity contribution is -0.194. The van der Waals surface area contributed by atoms with E-state index in [9.17, 15) is 8.42 Å². The van der Waals surface area contributed by atoms with E-state index in [0.717, 1.165) is 38.9 Å². The number of ether oxygens (including phenoxy) is 2. The van der Waals surface area contributed by atoms with Crippen LogP contribution in [0.2, 0.25) is 0 Å². The summed E-state index contributed by atoms with van der Waals surface area (Å²) in [7, 11) is -2.74. The molecular weight excluding hydrogens is 252 g/mol. The Hall–Kier alpha value is -0.130. The molecule has 0 unspecified atom stereocenters. The summed E-state index contributed by atoms with van der Waals surface area (Å²) in [5, 5.41) is 0. The van der Waals surface area contributed by atoms with Gasteiger partial charge in [-0.05, 0) is 36.5 Å². The van der Waals surface area contributed by atoms with Gasteiger partial charge in [-0.3, -0.25) is 0 Å². The predicted molar refractivity (Wildman–Crippen MR) is 65.7 cm³/mol. The van der Waals surface area contributed by atoms with E-state index in [4.69, 9.17) is 9.47 Å². The van der Waals surface area contributed by atoms with Crippen molar-refractivity contribution in [3.63, 3.8) is 0 Å². The summed E-state index contributed by atoms with van der Waals surface area (Å²) in [6, 6.07) is 0. The summed E-state index contributed by atoms with van der Waals surface area (Å²) in [5.41, 5.74) is 0. The van der Waals surface area contributed by atoms with Crippen LogP contribution >= 0.6 is 0 Å². The van der Waals surface area contributed by atoms with E-state index in [1.807, 2.05) is 0 Å². The van der Waals surface area contributed by atoms with Gasteiger partial charge >= 0.3 is 0 Å². The summed E-state index contributed by atoms with van der Waals surface area (Å²) in [5.74, 6) is 2.66. The Morgan fingerprint density at radius 3 is 1.83 bits per heavy atom. The fraction of sp³-hybridized carbons (Fsp3) is 1.00. The third-order valence-electron chi connectivity index (χ3n) is 5.62. The van der Waals surface area contributed by atoms with Crippen molar-refractivity contribution in [3.8, 4) is 0 Å². The van der Waals surface area contributed by atoms with E-state index in [1.165, 1.54) is 0 Å². The number of rotatable bonds is 0. The van der Waals surface area contributed by atoms with Gasteiger partial charge in [0, 0.05) is 12.8 Å². The van der Waals surface area contributed by atoms with Crippen molar-refractivity contribution in [2.24, 2.45) is 23.7 Å². The van der Waals surface area contributed by atoms with Crippen LogP contribution in [0.5, 0.6) is 0 Å². The van der Waals surface area contributed by atoms with Crippen molar-refractivity contribution in [2.75, 3.05) is 24.7 Å². The molecule has 5 heteroatoms. The largest absolute Gasteiger partial charge is 0.348 e. The zero-order valence-electron chi connectivity index (χ0n) is 10.5. The summed E-state index contributed by atoms with van der Waals surface area (Å²) in [6.07, 6.45) is 4.08. The van der Waals surface area contributed by atoms with Crippen LogP contribution in [0.3, 0.4) is 0 Å². The normalized spacial score (nSPS) is 48.2. The highest BCUT2D eigenvalue weighted by molar-refractivity contribution is 7.91. The van der Waals surface area contributed by atoms with E-state index < -0.39 is 9.84 Å². The molecular formula is C13H20O4S. The first-order valence-corrected chi connectivity index (χ1v) is 8.89. The second kappa shape index (κ2) is 3.70. The van der Waals surface area contributed by atoms with Gasteiger partial charge in [0.15, 0.2) is 15.6 Å². The first-order chi connectivity index (χ1) is 8.59. The van der Waals surface area contributed by atoms with Gasteiger partial charge in [0.1, 0.15) is 0 Å². The van der Waals surface area contributed by atoms with Crippen molar-refractivity contribution in [2.45, 2.75) is 31.5 Å². The molecule has 6 aliphatic rings. The highest BCUT2D eigenvalue weighted by Crippen LogP contribution is 2.58. The molecule has 0 N–H and O–H groups in total. The molecule has 0 aromatic carbocycles. The van der Waals surface area contributed by atoms with E-state index >= 15 is 0 Å². The molecule has 0 radical (unpaired) electrons. The lowest BCUT2D eigenvalue weighted by atomic mass is 9.53. The molecule has 3 aliphatic heterocycles. The lowest BCUT2D eigenvalue weighted by Crippen LogP contribution is -2.59. The monoisotopic (exact) mass is 272 g/mol. The third-order valence-corrected chi connectivity index (χ3v) is 7.41. The SMILES string of the molecule is O=S1(=O)CC2C3CCC4(CCC2C3C1)OCCO4. The van der Waals surface area contributed by atoms with Crippen LogP contribution in [0.15, 0.2) is 0 Å². The van der Waals surface area contributed by atoms with Crippen molar-refractivity contribution in [3.05, 3.63) is 0 Å². The zero-order valence-corrected chi connectivity index (χ0v) is 11.3. The molecule has 0 aromatic heterocycles. The topological polar surface area (TPSA) is 52.6 Å². The highest BCUT2D eigenvalue weighted by atomic mass is 32.2. The van der Waals surface area contributed by atoms with Gasteiger partial charge in [-0.15, -0.1) is 0 Å². The third kappa shape index (κ3) is 1.60. The fourth-order valence-electron chi connectivity index (χ4n) is 4.81. The molecule has 3 saturated carbocycles. The molecule has 6 fully saturated rings. The molecule has 3 heterocycles. The maximum atomic E-state index is 11.7. The van der Waals surface area contributed by atoms with E-state index in [1.54, 1.807) is 0 Å². The second-order valence-electron chi connectivity index (χ2n) is 6.42. The first kappa shape index (κ1) is 11.7. The average molecular weight is 272 g/mol. The highest BCUT2D eigenvalue weighted by Gasteiger charge is 2.58. The van der Waals surface area contributed by atoms with Crippen molar-refractivity contribution < 1.29 is 17.9 Å². The minimum absolute atomic E-state index is 0.315. The van der Waals surface area contributed by atoms with Crippen LogP contribution in [0.25, 0.3) is 0 Å². The van der Waals surface area contributed by atoms with E-state index in [0.29, 0.717) is 35.2 Å². The van der Waals surface area contributed by atoms with Crippen LogP contribution in [0.4, 0.5) is 0 Å². The van der Waals surface area contributed by atoms with Gasteiger partial charge in [-0.25, -0.2) is 8.42 Å². The molecule has 0 amide bonds. The van der Waals surface area contributed by atoms with Gasteiger partial charge in [0.05, 0.1) is 24.7 Å². The zero-order chi connectivity index (χ0) is 12.4. The van der Waals surface area contributed by atoms with E-state index in [-0.39, 0.29) is 5.79 Å². The molecule has 18 heavy (non-hydrogen) atoms. The Bertz CT molecular complexity index is 414. The molecule has 3 saturated heterocycles.